The molecule has 120 valence electrons. The Morgan fingerprint density at radius 2 is 1.96 bits per heavy atom. The van der Waals surface area contributed by atoms with Gasteiger partial charge in [-0.1, -0.05) is 37.3 Å². The lowest BCUT2D eigenvalue weighted by Crippen LogP contribution is -2.39. The Kier molecular flexibility index (Phi) is 4.91. The first-order valence-electron chi connectivity index (χ1n) is 8.14. The van der Waals surface area contributed by atoms with Crippen molar-refractivity contribution in [2.45, 2.75) is 38.6 Å². The highest BCUT2D eigenvalue weighted by Gasteiger charge is 2.30. The van der Waals surface area contributed by atoms with Gasteiger partial charge < -0.3 is 4.90 Å². The Bertz CT molecular complexity index is 692. The minimum absolute atomic E-state index is 0.0419. The summed E-state index contributed by atoms with van der Waals surface area (Å²) in [5.41, 5.74) is 1.98. The number of carbonyl (C=O) groups is 2. The molecule has 1 aromatic heterocycles. The molecule has 2 aromatic rings. The van der Waals surface area contributed by atoms with E-state index in [1.165, 1.54) is 10.4 Å². The van der Waals surface area contributed by atoms with Crippen molar-refractivity contribution in [3.05, 3.63) is 57.8 Å². The molecular weight excluding hydrogens is 306 g/mol. The highest BCUT2D eigenvalue weighted by molar-refractivity contribution is 7.10. The fraction of sp³-hybridized carbons (Fsp3) is 0.368. The number of Topliss-reactive ketones (excluding diaryl/α,β-unsaturated/α-hetero) is 1. The number of hydrogen-bond acceptors (Lipinski definition) is 3. The SMILES string of the molecule is CCC1c2ccsc2CCN1C(=O)CCC(=O)c1ccccc1. The van der Waals surface area contributed by atoms with Crippen LogP contribution in [-0.4, -0.2) is 23.1 Å². The number of benzene rings is 1. The Morgan fingerprint density at radius 1 is 1.17 bits per heavy atom. The van der Waals surface area contributed by atoms with Gasteiger partial charge in [-0.05, 0) is 29.9 Å². The summed E-state index contributed by atoms with van der Waals surface area (Å²) in [7, 11) is 0. The predicted octanol–water partition coefficient (Wildman–Crippen LogP) is 4.25. The van der Waals surface area contributed by atoms with Crippen LogP contribution >= 0.6 is 11.3 Å². The first-order chi connectivity index (χ1) is 11.2. The molecule has 0 saturated heterocycles. The molecule has 0 aliphatic carbocycles. The lowest BCUT2D eigenvalue weighted by molar-refractivity contribution is -0.134. The summed E-state index contributed by atoms with van der Waals surface area (Å²) in [5, 5.41) is 2.11. The van der Waals surface area contributed by atoms with Crippen molar-refractivity contribution in [3.63, 3.8) is 0 Å². The highest BCUT2D eigenvalue weighted by Crippen LogP contribution is 2.35. The molecule has 3 nitrogen and oxygen atoms in total. The molecule has 1 amide bonds. The zero-order valence-electron chi connectivity index (χ0n) is 13.3. The topological polar surface area (TPSA) is 37.4 Å². The van der Waals surface area contributed by atoms with Gasteiger partial charge in [0, 0.05) is 29.8 Å². The summed E-state index contributed by atoms with van der Waals surface area (Å²) in [6.07, 6.45) is 2.43. The minimum Gasteiger partial charge on any atom is -0.335 e. The zero-order valence-corrected chi connectivity index (χ0v) is 14.1. The van der Waals surface area contributed by atoms with Crippen LogP contribution in [0.15, 0.2) is 41.8 Å². The predicted molar refractivity (Wildman–Crippen MR) is 92.8 cm³/mol. The third-order valence-corrected chi connectivity index (χ3v) is 5.46. The van der Waals surface area contributed by atoms with E-state index in [1.54, 1.807) is 23.5 Å². The summed E-state index contributed by atoms with van der Waals surface area (Å²) >= 11 is 1.78. The van der Waals surface area contributed by atoms with E-state index in [9.17, 15) is 9.59 Å². The smallest absolute Gasteiger partial charge is 0.223 e. The summed E-state index contributed by atoms with van der Waals surface area (Å²) in [6, 6.07) is 11.5. The number of hydrogen-bond donors (Lipinski definition) is 0. The van der Waals surface area contributed by atoms with Crippen molar-refractivity contribution in [2.24, 2.45) is 0 Å². The van der Waals surface area contributed by atoms with Crippen molar-refractivity contribution < 1.29 is 9.59 Å². The van der Waals surface area contributed by atoms with Gasteiger partial charge in [0.1, 0.15) is 0 Å². The van der Waals surface area contributed by atoms with Gasteiger partial charge in [-0.25, -0.2) is 0 Å². The number of rotatable bonds is 5. The number of nitrogens with zero attached hydrogens (tertiary/aromatic N) is 1. The summed E-state index contributed by atoms with van der Waals surface area (Å²) in [4.78, 5) is 28.2. The standard InChI is InChI=1S/C19H21NO2S/c1-2-16-15-11-13-23-18(15)10-12-20(16)19(22)9-8-17(21)14-6-4-3-5-7-14/h3-7,11,13,16H,2,8-10,12H2,1H3. The van der Waals surface area contributed by atoms with Crippen LogP contribution in [0, 0.1) is 0 Å². The van der Waals surface area contributed by atoms with Crippen LogP contribution in [-0.2, 0) is 11.2 Å². The molecule has 0 saturated carbocycles. The molecule has 23 heavy (non-hydrogen) atoms. The van der Waals surface area contributed by atoms with E-state index in [2.05, 4.69) is 18.4 Å². The molecule has 0 spiro atoms. The maximum absolute atomic E-state index is 12.6. The van der Waals surface area contributed by atoms with E-state index in [1.807, 2.05) is 23.1 Å². The number of thiophene rings is 1. The molecule has 1 aliphatic rings. The average molecular weight is 327 g/mol. The molecule has 1 atom stereocenters. The van der Waals surface area contributed by atoms with E-state index in [0.29, 0.717) is 12.0 Å². The van der Waals surface area contributed by atoms with Gasteiger partial charge in [0.15, 0.2) is 5.78 Å². The van der Waals surface area contributed by atoms with Crippen LogP contribution < -0.4 is 0 Å². The molecule has 2 heterocycles. The summed E-state index contributed by atoms with van der Waals surface area (Å²) < 4.78 is 0. The lowest BCUT2D eigenvalue weighted by Gasteiger charge is -2.35. The van der Waals surface area contributed by atoms with Crippen molar-refractivity contribution in [1.82, 2.24) is 4.90 Å². The van der Waals surface area contributed by atoms with E-state index in [0.717, 1.165) is 19.4 Å². The van der Waals surface area contributed by atoms with Crippen molar-refractivity contribution >= 4 is 23.0 Å². The van der Waals surface area contributed by atoms with E-state index in [-0.39, 0.29) is 24.2 Å². The number of fused-ring (bicyclic) bond motifs is 1. The fourth-order valence-corrected chi connectivity index (χ4v) is 4.20. The molecule has 0 bridgehead atoms. The third-order valence-electron chi connectivity index (χ3n) is 4.46. The van der Waals surface area contributed by atoms with Crippen LogP contribution in [0.4, 0.5) is 0 Å². The Balaban J connectivity index is 1.63. The normalized spacial score (nSPS) is 16.9. The molecule has 1 aromatic carbocycles. The van der Waals surface area contributed by atoms with Gasteiger partial charge in [0.05, 0.1) is 6.04 Å². The van der Waals surface area contributed by atoms with E-state index in [4.69, 9.17) is 0 Å². The van der Waals surface area contributed by atoms with Crippen molar-refractivity contribution in [1.29, 1.82) is 0 Å². The lowest BCUT2D eigenvalue weighted by atomic mass is 9.97. The summed E-state index contributed by atoms with van der Waals surface area (Å²) in [6.45, 7) is 2.89. The minimum atomic E-state index is 0.0419. The van der Waals surface area contributed by atoms with Crippen LogP contribution in [0.2, 0.25) is 0 Å². The largest absolute Gasteiger partial charge is 0.335 e. The van der Waals surface area contributed by atoms with Crippen LogP contribution in [0.5, 0.6) is 0 Å². The second-order valence-corrected chi connectivity index (χ2v) is 6.85. The highest BCUT2D eigenvalue weighted by atomic mass is 32.1. The van der Waals surface area contributed by atoms with Gasteiger partial charge in [-0.3, -0.25) is 9.59 Å². The van der Waals surface area contributed by atoms with E-state index >= 15 is 0 Å². The second kappa shape index (κ2) is 7.09. The number of carbonyl (C=O) groups excluding carboxylic acids is 2. The fourth-order valence-electron chi connectivity index (χ4n) is 3.27. The molecule has 1 unspecified atom stereocenters. The first kappa shape index (κ1) is 15.9. The van der Waals surface area contributed by atoms with Crippen LogP contribution in [0.25, 0.3) is 0 Å². The summed E-state index contributed by atoms with van der Waals surface area (Å²) in [5.74, 6) is 0.137. The van der Waals surface area contributed by atoms with Crippen molar-refractivity contribution in [3.8, 4) is 0 Å². The molecule has 0 radical (unpaired) electrons. The Morgan fingerprint density at radius 3 is 2.70 bits per heavy atom. The molecule has 3 rings (SSSR count). The molecule has 4 heteroatoms. The second-order valence-electron chi connectivity index (χ2n) is 5.85. The molecule has 0 fully saturated rings. The Labute approximate surface area is 140 Å². The van der Waals surface area contributed by atoms with Crippen LogP contribution in [0.3, 0.4) is 0 Å². The van der Waals surface area contributed by atoms with Gasteiger partial charge in [0.2, 0.25) is 5.91 Å². The van der Waals surface area contributed by atoms with Gasteiger partial charge in [0.25, 0.3) is 0 Å². The Hall–Kier alpha value is -1.94. The monoisotopic (exact) mass is 327 g/mol. The van der Waals surface area contributed by atoms with Gasteiger partial charge in [-0.15, -0.1) is 11.3 Å². The average Bonchev–Trinajstić information content (AvgIpc) is 3.07. The number of ketones is 1. The quantitative estimate of drug-likeness (QED) is 0.770. The zero-order chi connectivity index (χ0) is 16.2. The number of amides is 1. The maximum atomic E-state index is 12.6. The first-order valence-corrected chi connectivity index (χ1v) is 9.02. The van der Waals surface area contributed by atoms with Crippen molar-refractivity contribution in [2.75, 3.05) is 6.54 Å². The molecule has 1 aliphatic heterocycles. The molecule has 0 N–H and O–H groups in total. The van der Waals surface area contributed by atoms with Crippen LogP contribution in [0.1, 0.15) is 53.0 Å². The third kappa shape index (κ3) is 3.37. The van der Waals surface area contributed by atoms with Gasteiger partial charge >= 0.3 is 0 Å². The van der Waals surface area contributed by atoms with Gasteiger partial charge in [-0.2, -0.15) is 0 Å². The van der Waals surface area contributed by atoms with E-state index < -0.39 is 0 Å². The molecular formula is C19H21NO2S. The maximum Gasteiger partial charge on any atom is 0.223 e.